The van der Waals surface area contributed by atoms with Crippen molar-refractivity contribution in [1.82, 2.24) is 15.0 Å². The number of thiazole rings is 1. The molecule has 3 rings (SSSR count). The van der Waals surface area contributed by atoms with Gasteiger partial charge in [-0.2, -0.15) is 0 Å². The van der Waals surface area contributed by atoms with E-state index in [1.165, 1.54) is 43.0 Å². The predicted octanol–water partition coefficient (Wildman–Crippen LogP) is 3.01. The predicted molar refractivity (Wildman–Crippen MR) is 100 cm³/mol. The summed E-state index contributed by atoms with van der Waals surface area (Å²) in [7, 11) is -2.42. The summed E-state index contributed by atoms with van der Waals surface area (Å²) in [5.74, 6) is 0.122. The maximum Gasteiger partial charge on any atom is 0.263 e. The maximum atomic E-state index is 12.5. The minimum absolute atomic E-state index is 0.0271. The molecule has 8 nitrogen and oxygen atoms in total. The van der Waals surface area contributed by atoms with E-state index >= 15 is 0 Å². The fourth-order valence-electron chi connectivity index (χ4n) is 2.04. The van der Waals surface area contributed by atoms with Crippen LogP contribution in [0, 0.1) is 0 Å². The molecular formula is C15H14ClN5O3S2. The second-order valence-corrected chi connectivity index (χ2v) is 8.36. The Morgan fingerprint density at radius 2 is 1.88 bits per heavy atom. The normalized spacial score (nSPS) is 11.2. The summed E-state index contributed by atoms with van der Waals surface area (Å²) >= 11 is 7.17. The second kappa shape index (κ2) is 7.85. The number of benzene rings is 1. The number of hydrogen-bond acceptors (Lipinski definition) is 8. The van der Waals surface area contributed by atoms with Crippen molar-refractivity contribution in [3.05, 3.63) is 52.2 Å². The molecule has 0 bridgehead atoms. The zero-order valence-electron chi connectivity index (χ0n) is 13.5. The van der Waals surface area contributed by atoms with Crippen molar-refractivity contribution in [3.8, 4) is 5.88 Å². The second-order valence-electron chi connectivity index (χ2n) is 4.98. The van der Waals surface area contributed by atoms with E-state index in [9.17, 15) is 8.42 Å². The molecule has 11 heteroatoms. The van der Waals surface area contributed by atoms with E-state index in [0.717, 1.165) is 10.6 Å². The molecule has 3 aromatic rings. The Morgan fingerprint density at radius 3 is 2.54 bits per heavy atom. The Balaban J connectivity index is 1.70. The zero-order chi connectivity index (χ0) is 18.6. The number of anilines is 2. The highest BCUT2D eigenvalue weighted by molar-refractivity contribution is 7.92. The van der Waals surface area contributed by atoms with Gasteiger partial charge >= 0.3 is 0 Å². The third-order valence-corrected chi connectivity index (χ3v) is 5.72. The molecule has 0 saturated carbocycles. The minimum atomic E-state index is -3.81. The van der Waals surface area contributed by atoms with Gasteiger partial charge in [0, 0.05) is 29.2 Å². The molecule has 0 fully saturated rings. The number of nitrogens with zero attached hydrogens (tertiary/aromatic N) is 3. The van der Waals surface area contributed by atoms with Crippen LogP contribution in [0.1, 0.15) is 4.88 Å². The Morgan fingerprint density at radius 1 is 1.15 bits per heavy atom. The molecule has 26 heavy (non-hydrogen) atoms. The van der Waals surface area contributed by atoms with Crippen LogP contribution in [0.15, 0.2) is 47.8 Å². The topological polar surface area (TPSA) is 106 Å². The van der Waals surface area contributed by atoms with E-state index in [-0.39, 0.29) is 16.6 Å². The SMILES string of the molecule is COc1nccnc1NS(=O)(=O)c1ccc(NCc2cnc(Cl)s2)cc1. The molecule has 136 valence electrons. The third kappa shape index (κ3) is 4.40. The van der Waals surface area contributed by atoms with E-state index in [0.29, 0.717) is 11.0 Å². The van der Waals surface area contributed by atoms with Crippen molar-refractivity contribution in [2.24, 2.45) is 0 Å². The van der Waals surface area contributed by atoms with E-state index in [1.54, 1.807) is 18.3 Å². The van der Waals surface area contributed by atoms with Crippen molar-refractivity contribution in [2.45, 2.75) is 11.4 Å². The Kier molecular flexibility index (Phi) is 5.55. The lowest BCUT2D eigenvalue weighted by Gasteiger charge is -2.10. The molecule has 1 aromatic carbocycles. The highest BCUT2D eigenvalue weighted by Gasteiger charge is 2.18. The number of aromatic nitrogens is 3. The Bertz CT molecular complexity index is 993. The van der Waals surface area contributed by atoms with Crippen molar-refractivity contribution in [3.63, 3.8) is 0 Å². The van der Waals surface area contributed by atoms with Crippen molar-refractivity contribution < 1.29 is 13.2 Å². The number of ether oxygens (including phenoxy) is 1. The zero-order valence-corrected chi connectivity index (χ0v) is 15.9. The molecule has 0 aliphatic heterocycles. The molecule has 0 aliphatic carbocycles. The van der Waals surface area contributed by atoms with Gasteiger partial charge in [0.05, 0.1) is 18.6 Å². The quantitative estimate of drug-likeness (QED) is 0.615. The molecule has 2 N–H and O–H groups in total. The molecule has 0 aliphatic rings. The highest BCUT2D eigenvalue weighted by atomic mass is 35.5. The minimum Gasteiger partial charge on any atom is -0.478 e. The van der Waals surface area contributed by atoms with Crippen LogP contribution in [0.3, 0.4) is 0 Å². The highest BCUT2D eigenvalue weighted by Crippen LogP contribution is 2.23. The van der Waals surface area contributed by atoms with Gasteiger partial charge in [-0.05, 0) is 24.3 Å². The first kappa shape index (κ1) is 18.4. The summed E-state index contributed by atoms with van der Waals surface area (Å²) in [5, 5.41) is 3.18. The van der Waals surface area contributed by atoms with Gasteiger partial charge in [0.1, 0.15) is 0 Å². The van der Waals surface area contributed by atoms with Crippen LogP contribution in [0.25, 0.3) is 0 Å². The van der Waals surface area contributed by atoms with E-state index < -0.39 is 10.0 Å². The first-order chi connectivity index (χ1) is 12.5. The van der Waals surface area contributed by atoms with Crippen LogP contribution in [0.5, 0.6) is 5.88 Å². The van der Waals surface area contributed by atoms with E-state index in [2.05, 4.69) is 25.0 Å². The van der Waals surface area contributed by atoms with Crippen LogP contribution < -0.4 is 14.8 Å². The van der Waals surface area contributed by atoms with Gasteiger partial charge in [0.15, 0.2) is 4.47 Å². The lowest BCUT2D eigenvalue weighted by Crippen LogP contribution is -2.15. The van der Waals surface area contributed by atoms with Crippen molar-refractivity contribution in [1.29, 1.82) is 0 Å². The average Bonchev–Trinajstić information content (AvgIpc) is 3.06. The number of halogens is 1. The molecule has 0 unspecified atom stereocenters. The first-order valence-electron chi connectivity index (χ1n) is 7.30. The van der Waals surface area contributed by atoms with Crippen LogP contribution in [-0.2, 0) is 16.6 Å². The van der Waals surface area contributed by atoms with Gasteiger partial charge in [-0.3, -0.25) is 4.72 Å². The molecular weight excluding hydrogens is 398 g/mol. The average molecular weight is 412 g/mol. The van der Waals surface area contributed by atoms with Gasteiger partial charge in [-0.1, -0.05) is 11.6 Å². The molecule has 2 heterocycles. The molecule has 0 saturated heterocycles. The molecule has 0 amide bonds. The lowest BCUT2D eigenvalue weighted by atomic mass is 10.3. The fraction of sp³-hybridized carbons (Fsp3) is 0.133. The molecule has 0 atom stereocenters. The van der Waals surface area contributed by atoms with E-state index in [1.807, 2.05) is 0 Å². The Hall–Kier alpha value is -2.43. The number of rotatable bonds is 7. The number of hydrogen-bond donors (Lipinski definition) is 2. The summed E-state index contributed by atoms with van der Waals surface area (Å²) in [6.07, 6.45) is 4.48. The summed E-state index contributed by atoms with van der Waals surface area (Å²) in [5.41, 5.74) is 0.769. The lowest BCUT2D eigenvalue weighted by molar-refractivity contribution is 0.398. The molecule has 0 radical (unpaired) electrons. The summed E-state index contributed by atoms with van der Waals surface area (Å²) in [6.45, 7) is 0.547. The number of nitrogens with one attached hydrogen (secondary N) is 2. The van der Waals surface area contributed by atoms with Crippen molar-refractivity contribution >= 4 is 44.5 Å². The monoisotopic (exact) mass is 411 g/mol. The van der Waals surface area contributed by atoms with Gasteiger partial charge in [0.2, 0.25) is 5.82 Å². The smallest absolute Gasteiger partial charge is 0.263 e. The first-order valence-corrected chi connectivity index (χ1v) is 9.97. The molecule has 2 aromatic heterocycles. The van der Waals surface area contributed by atoms with Crippen LogP contribution in [0.4, 0.5) is 11.5 Å². The number of methoxy groups -OCH3 is 1. The van der Waals surface area contributed by atoms with Gasteiger partial charge in [0.25, 0.3) is 15.9 Å². The van der Waals surface area contributed by atoms with Crippen LogP contribution in [0.2, 0.25) is 4.47 Å². The van der Waals surface area contributed by atoms with Gasteiger partial charge in [-0.15, -0.1) is 11.3 Å². The van der Waals surface area contributed by atoms with Crippen molar-refractivity contribution in [2.75, 3.05) is 17.1 Å². The van der Waals surface area contributed by atoms with Crippen LogP contribution in [-0.4, -0.2) is 30.5 Å². The summed E-state index contributed by atoms with van der Waals surface area (Å²) in [4.78, 5) is 12.9. The summed E-state index contributed by atoms with van der Waals surface area (Å²) < 4.78 is 32.8. The van der Waals surface area contributed by atoms with E-state index in [4.69, 9.17) is 16.3 Å². The standard InChI is InChI=1S/C15H14ClN5O3S2/c1-24-14-13(17-6-7-18-14)21-26(22,23)12-4-2-10(3-5-12)19-8-11-9-20-15(16)25-11/h2-7,9,19H,8H2,1H3,(H,17,21). The van der Waals surface area contributed by atoms with Crippen LogP contribution >= 0.6 is 22.9 Å². The fourth-order valence-corrected chi connectivity index (χ4v) is 3.96. The number of sulfonamides is 1. The molecule has 0 spiro atoms. The summed E-state index contributed by atoms with van der Waals surface area (Å²) in [6, 6.07) is 6.33. The largest absolute Gasteiger partial charge is 0.478 e. The Labute approximate surface area is 159 Å². The van der Waals surface area contributed by atoms with Gasteiger partial charge in [-0.25, -0.2) is 23.4 Å². The maximum absolute atomic E-state index is 12.5. The van der Waals surface area contributed by atoms with Gasteiger partial charge < -0.3 is 10.1 Å². The third-order valence-electron chi connectivity index (χ3n) is 3.25.